The Balaban J connectivity index is 1.92. The zero-order valence-corrected chi connectivity index (χ0v) is 11.5. The van der Waals surface area contributed by atoms with Gasteiger partial charge in [0.1, 0.15) is 19.5 Å². The van der Waals surface area contributed by atoms with Crippen LogP contribution in [0.5, 0.6) is 0 Å². The van der Waals surface area contributed by atoms with Crippen LogP contribution < -0.4 is 5.32 Å². The summed E-state index contributed by atoms with van der Waals surface area (Å²) in [5.74, 6) is -0.977. The Morgan fingerprint density at radius 3 is 2.60 bits per heavy atom. The van der Waals surface area contributed by atoms with Gasteiger partial charge in [0, 0.05) is 6.54 Å². The van der Waals surface area contributed by atoms with Crippen molar-refractivity contribution in [3.8, 4) is 0 Å². The molecule has 0 atom stereocenters. The second kappa shape index (κ2) is 6.63. The molecular formula is C14H21NO5. The first kappa shape index (κ1) is 14.7. The molecule has 0 aromatic heterocycles. The molecule has 1 fully saturated rings. The van der Waals surface area contributed by atoms with Gasteiger partial charge in [-0.2, -0.15) is 0 Å². The van der Waals surface area contributed by atoms with E-state index in [1.807, 2.05) is 0 Å². The number of hydrogen-bond donors (Lipinski definition) is 2. The average molecular weight is 283 g/mol. The SMILES string of the molecule is O=C(O)CC1(CNC(=O)C2=COCCO2)CCCCC1. The minimum Gasteiger partial charge on any atom is -0.494 e. The quantitative estimate of drug-likeness (QED) is 0.797. The third kappa shape index (κ3) is 3.88. The lowest BCUT2D eigenvalue weighted by Gasteiger charge is -2.36. The molecule has 1 heterocycles. The minimum atomic E-state index is -0.808. The lowest BCUT2D eigenvalue weighted by atomic mass is 9.71. The van der Waals surface area contributed by atoms with Crippen molar-refractivity contribution in [1.82, 2.24) is 5.32 Å². The number of amides is 1. The second-order valence-corrected chi connectivity index (χ2v) is 5.52. The van der Waals surface area contributed by atoms with Crippen molar-refractivity contribution in [1.29, 1.82) is 0 Å². The summed E-state index contributed by atoms with van der Waals surface area (Å²) in [5, 5.41) is 11.9. The van der Waals surface area contributed by atoms with Crippen LogP contribution in [-0.4, -0.2) is 36.7 Å². The summed E-state index contributed by atoms with van der Waals surface area (Å²) >= 11 is 0. The van der Waals surface area contributed by atoms with Crippen molar-refractivity contribution in [3.05, 3.63) is 12.0 Å². The molecule has 2 N–H and O–H groups in total. The van der Waals surface area contributed by atoms with Crippen LogP contribution in [0, 0.1) is 5.41 Å². The predicted molar refractivity (Wildman–Crippen MR) is 70.8 cm³/mol. The van der Waals surface area contributed by atoms with E-state index in [1.165, 1.54) is 6.26 Å². The number of hydrogen-bond acceptors (Lipinski definition) is 4. The molecule has 0 unspecified atom stereocenters. The van der Waals surface area contributed by atoms with E-state index in [0.717, 1.165) is 32.1 Å². The predicted octanol–water partition coefficient (Wildman–Crippen LogP) is 1.42. The molecule has 2 rings (SSSR count). The average Bonchev–Trinajstić information content (AvgIpc) is 2.46. The Labute approximate surface area is 118 Å². The molecule has 1 saturated carbocycles. The zero-order valence-electron chi connectivity index (χ0n) is 11.5. The summed E-state index contributed by atoms with van der Waals surface area (Å²) < 4.78 is 10.2. The van der Waals surface area contributed by atoms with E-state index in [-0.39, 0.29) is 23.5 Å². The second-order valence-electron chi connectivity index (χ2n) is 5.52. The highest BCUT2D eigenvalue weighted by Gasteiger charge is 2.35. The van der Waals surface area contributed by atoms with E-state index in [0.29, 0.717) is 19.8 Å². The van der Waals surface area contributed by atoms with Crippen LogP contribution in [0.3, 0.4) is 0 Å². The van der Waals surface area contributed by atoms with E-state index in [9.17, 15) is 9.59 Å². The highest BCUT2D eigenvalue weighted by molar-refractivity contribution is 5.91. The molecule has 0 radical (unpaired) electrons. The van der Waals surface area contributed by atoms with Gasteiger partial charge in [-0.25, -0.2) is 0 Å². The third-order valence-electron chi connectivity index (χ3n) is 3.94. The number of nitrogens with one attached hydrogen (secondary N) is 1. The first-order valence-electron chi connectivity index (χ1n) is 7.06. The number of ether oxygens (including phenoxy) is 2. The van der Waals surface area contributed by atoms with Crippen LogP contribution in [0.4, 0.5) is 0 Å². The first-order valence-corrected chi connectivity index (χ1v) is 7.06. The normalized spacial score (nSPS) is 21.1. The van der Waals surface area contributed by atoms with Crippen LogP contribution in [0.1, 0.15) is 38.5 Å². The van der Waals surface area contributed by atoms with Crippen molar-refractivity contribution in [2.45, 2.75) is 38.5 Å². The smallest absolute Gasteiger partial charge is 0.303 e. The van der Waals surface area contributed by atoms with Gasteiger partial charge in [0.05, 0.1) is 6.42 Å². The molecule has 6 nitrogen and oxygen atoms in total. The molecule has 1 amide bonds. The Bertz CT molecular complexity index is 398. The third-order valence-corrected chi connectivity index (χ3v) is 3.94. The van der Waals surface area contributed by atoms with Crippen molar-refractivity contribution in [2.75, 3.05) is 19.8 Å². The van der Waals surface area contributed by atoms with Gasteiger partial charge in [0.15, 0.2) is 0 Å². The van der Waals surface area contributed by atoms with Gasteiger partial charge in [0.25, 0.3) is 5.91 Å². The lowest BCUT2D eigenvalue weighted by molar-refractivity contribution is -0.140. The molecule has 1 aliphatic heterocycles. The van der Waals surface area contributed by atoms with Gasteiger partial charge in [0.2, 0.25) is 5.76 Å². The standard InChI is InChI=1S/C14H21NO5/c16-12(17)8-14(4-2-1-3-5-14)10-15-13(18)11-9-19-6-7-20-11/h9H,1-8,10H2,(H,15,18)(H,16,17). The van der Waals surface area contributed by atoms with Gasteiger partial charge in [-0.1, -0.05) is 19.3 Å². The van der Waals surface area contributed by atoms with E-state index in [1.54, 1.807) is 0 Å². The molecule has 0 saturated heterocycles. The van der Waals surface area contributed by atoms with Crippen molar-refractivity contribution in [3.63, 3.8) is 0 Å². The number of carbonyl (C=O) groups is 2. The molecule has 0 spiro atoms. The van der Waals surface area contributed by atoms with Gasteiger partial charge in [-0.15, -0.1) is 0 Å². The van der Waals surface area contributed by atoms with Gasteiger partial charge >= 0.3 is 5.97 Å². The lowest BCUT2D eigenvalue weighted by Crippen LogP contribution is -2.41. The van der Waals surface area contributed by atoms with E-state index < -0.39 is 5.97 Å². The number of carboxylic acid groups (broad SMARTS) is 1. The van der Waals surface area contributed by atoms with Crippen LogP contribution in [0.2, 0.25) is 0 Å². The first-order chi connectivity index (χ1) is 9.61. The van der Waals surface area contributed by atoms with Gasteiger partial charge < -0.3 is 19.9 Å². The van der Waals surface area contributed by atoms with Crippen molar-refractivity contribution >= 4 is 11.9 Å². The number of carboxylic acids is 1. The topological polar surface area (TPSA) is 84.9 Å². The monoisotopic (exact) mass is 283 g/mol. The highest BCUT2D eigenvalue weighted by atomic mass is 16.6. The number of aliphatic carboxylic acids is 1. The zero-order chi connectivity index (χ0) is 14.4. The summed E-state index contributed by atoms with van der Waals surface area (Å²) in [7, 11) is 0. The minimum absolute atomic E-state index is 0.101. The molecule has 1 aliphatic carbocycles. The van der Waals surface area contributed by atoms with Crippen molar-refractivity contribution < 1.29 is 24.2 Å². The summed E-state index contributed by atoms with van der Waals surface area (Å²) in [4.78, 5) is 23.0. The molecular weight excluding hydrogens is 262 g/mol. The summed E-state index contributed by atoms with van der Waals surface area (Å²) in [6.45, 7) is 1.18. The number of carbonyl (C=O) groups excluding carboxylic acids is 1. The Morgan fingerprint density at radius 2 is 2.00 bits per heavy atom. The molecule has 6 heteroatoms. The maximum atomic E-state index is 11.9. The van der Waals surface area contributed by atoms with Gasteiger partial charge in [-0.3, -0.25) is 9.59 Å². The van der Waals surface area contributed by atoms with Gasteiger partial charge in [-0.05, 0) is 18.3 Å². The molecule has 0 aromatic rings. The van der Waals surface area contributed by atoms with Crippen LogP contribution in [0.25, 0.3) is 0 Å². The van der Waals surface area contributed by atoms with E-state index in [4.69, 9.17) is 14.6 Å². The van der Waals surface area contributed by atoms with Crippen LogP contribution in [0.15, 0.2) is 12.0 Å². The largest absolute Gasteiger partial charge is 0.494 e. The fourth-order valence-corrected chi connectivity index (χ4v) is 2.88. The van der Waals surface area contributed by atoms with E-state index in [2.05, 4.69) is 5.32 Å². The maximum Gasteiger partial charge on any atom is 0.303 e. The molecule has 20 heavy (non-hydrogen) atoms. The molecule has 2 aliphatic rings. The fraction of sp³-hybridized carbons (Fsp3) is 0.714. The van der Waals surface area contributed by atoms with Crippen LogP contribution in [-0.2, 0) is 19.1 Å². The maximum absolute atomic E-state index is 11.9. The molecule has 0 bridgehead atoms. The van der Waals surface area contributed by atoms with Crippen molar-refractivity contribution in [2.24, 2.45) is 5.41 Å². The Morgan fingerprint density at radius 1 is 1.25 bits per heavy atom. The van der Waals surface area contributed by atoms with Crippen LogP contribution >= 0.6 is 0 Å². The summed E-state index contributed by atoms with van der Waals surface area (Å²) in [6.07, 6.45) is 6.27. The summed E-state index contributed by atoms with van der Waals surface area (Å²) in [6, 6.07) is 0. The summed E-state index contributed by atoms with van der Waals surface area (Å²) in [5.41, 5.74) is -0.324. The highest BCUT2D eigenvalue weighted by Crippen LogP contribution is 2.38. The Kier molecular flexibility index (Phi) is 4.87. The molecule has 112 valence electrons. The molecule has 0 aromatic carbocycles. The Hall–Kier alpha value is -1.72. The van der Waals surface area contributed by atoms with E-state index >= 15 is 0 Å². The fourth-order valence-electron chi connectivity index (χ4n) is 2.88. The number of rotatable bonds is 5.